The Morgan fingerprint density at radius 3 is 2.52 bits per heavy atom. The van der Waals surface area contributed by atoms with E-state index >= 15 is 0 Å². The number of aliphatic carboxylic acids is 1. The minimum absolute atomic E-state index is 0.0768. The van der Waals surface area contributed by atoms with Crippen LogP contribution in [0.25, 0.3) is 0 Å². The van der Waals surface area contributed by atoms with Crippen LogP contribution in [0.5, 0.6) is 5.75 Å². The normalized spacial score (nSPS) is 19.7. The molecule has 1 fully saturated rings. The second-order valence-corrected chi connectivity index (χ2v) is 6.02. The second-order valence-electron chi connectivity index (χ2n) is 6.02. The number of methoxy groups -OCH3 is 1. The Morgan fingerprint density at radius 1 is 1.16 bits per heavy atom. The summed E-state index contributed by atoms with van der Waals surface area (Å²) in [6.07, 6.45) is 0. The third-order valence-electron chi connectivity index (χ3n) is 4.54. The molecule has 0 unspecified atom stereocenters. The highest BCUT2D eigenvalue weighted by atomic mass is 19.1. The van der Waals surface area contributed by atoms with Crippen molar-refractivity contribution in [1.29, 1.82) is 0 Å². The average Bonchev–Trinajstić information content (AvgIpc) is 3.07. The highest BCUT2D eigenvalue weighted by Gasteiger charge is 2.41. The lowest BCUT2D eigenvalue weighted by Gasteiger charge is -2.18. The molecule has 25 heavy (non-hydrogen) atoms. The molecule has 0 bridgehead atoms. The number of benzene rings is 2. The van der Waals surface area contributed by atoms with Crippen LogP contribution in [0.1, 0.15) is 21.8 Å². The third-order valence-corrected chi connectivity index (χ3v) is 4.54. The van der Waals surface area contributed by atoms with Crippen LogP contribution >= 0.6 is 0 Å². The first-order valence-corrected chi connectivity index (χ1v) is 7.92. The summed E-state index contributed by atoms with van der Waals surface area (Å²) < 4.78 is 18.7. The second kappa shape index (κ2) is 6.93. The van der Waals surface area contributed by atoms with Gasteiger partial charge < -0.3 is 14.7 Å². The zero-order valence-corrected chi connectivity index (χ0v) is 13.7. The Kier molecular flexibility index (Phi) is 4.70. The maximum atomic E-state index is 13.6. The van der Waals surface area contributed by atoms with Gasteiger partial charge in [0.1, 0.15) is 11.6 Å². The van der Waals surface area contributed by atoms with Crippen molar-refractivity contribution in [2.75, 3.05) is 20.2 Å². The van der Waals surface area contributed by atoms with E-state index in [1.807, 2.05) is 30.3 Å². The average molecular weight is 343 g/mol. The van der Waals surface area contributed by atoms with Crippen LogP contribution in [0.3, 0.4) is 0 Å². The molecule has 130 valence electrons. The van der Waals surface area contributed by atoms with Gasteiger partial charge in [-0.3, -0.25) is 9.59 Å². The zero-order valence-electron chi connectivity index (χ0n) is 13.7. The monoisotopic (exact) mass is 343 g/mol. The van der Waals surface area contributed by atoms with Crippen molar-refractivity contribution >= 4 is 11.9 Å². The van der Waals surface area contributed by atoms with Crippen molar-refractivity contribution in [1.82, 2.24) is 4.90 Å². The molecule has 5 nitrogen and oxygen atoms in total. The van der Waals surface area contributed by atoms with Gasteiger partial charge >= 0.3 is 5.97 Å². The molecule has 0 aliphatic carbocycles. The molecule has 1 heterocycles. The van der Waals surface area contributed by atoms with Crippen LogP contribution in [0.15, 0.2) is 48.5 Å². The number of carbonyl (C=O) groups excluding carboxylic acids is 1. The smallest absolute Gasteiger partial charge is 0.308 e. The summed E-state index contributed by atoms with van der Waals surface area (Å²) in [5, 5.41) is 9.54. The van der Waals surface area contributed by atoms with E-state index in [1.165, 1.54) is 24.1 Å². The van der Waals surface area contributed by atoms with E-state index in [9.17, 15) is 19.1 Å². The number of hydrogen-bond donors (Lipinski definition) is 1. The highest BCUT2D eigenvalue weighted by Crippen LogP contribution is 2.34. The topological polar surface area (TPSA) is 66.8 Å². The third kappa shape index (κ3) is 3.33. The Morgan fingerprint density at radius 2 is 1.88 bits per heavy atom. The predicted molar refractivity (Wildman–Crippen MR) is 89.2 cm³/mol. The summed E-state index contributed by atoms with van der Waals surface area (Å²) in [5.74, 6) is -2.66. The summed E-state index contributed by atoms with van der Waals surface area (Å²) in [6, 6.07) is 13.0. The largest absolute Gasteiger partial charge is 0.496 e. The first-order chi connectivity index (χ1) is 12.0. The maximum Gasteiger partial charge on any atom is 0.308 e. The van der Waals surface area contributed by atoms with E-state index in [2.05, 4.69) is 0 Å². The highest BCUT2D eigenvalue weighted by molar-refractivity contribution is 5.97. The van der Waals surface area contributed by atoms with Gasteiger partial charge in [0, 0.05) is 19.0 Å². The first kappa shape index (κ1) is 17.0. The van der Waals surface area contributed by atoms with Crippen LogP contribution in [-0.2, 0) is 4.79 Å². The number of nitrogens with zero attached hydrogens (tertiary/aromatic N) is 1. The van der Waals surface area contributed by atoms with Gasteiger partial charge in [0.05, 0.1) is 18.6 Å². The Hall–Kier alpha value is -2.89. The molecule has 2 aromatic rings. The van der Waals surface area contributed by atoms with E-state index in [0.717, 1.165) is 11.6 Å². The van der Waals surface area contributed by atoms with E-state index in [-0.39, 0.29) is 30.3 Å². The van der Waals surface area contributed by atoms with Crippen LogP contribution in [-0.4, -0.2) is 42.1 Å². The van der Waals surface area contributed by atoms with Gasteiger partial charge in [-0.2, -0.15) is 0 Å². The fraction of sp³-hybridized carbons (Fsp3) is 0.263. The molecule has 1 N–H and O–H groups in total. The number of amides is 1. The van der Waals surface area contributed by atoms with E-state index in [1.54, 1.807) is 0 Å². The lowest BCUT2D eigenvalue weighted by Crippen LogP contribution is -2.30. The summed E-state index contributed by atoms with van der Waals surface area (Å²) >= 11 is 0. The van der Waals surface area contributed by atoms with Crippen molar-refractivity contribution in [2.45, 2.75) is 5.92 Å². The lowest BCUT2D eigenvalue weighted by molar-refractivity contribution is -0.141. The van der Waals surface area contributed by atoms with Gasteiger partial charge in [-0.15, -0.1) is 0 Å². The molecule has 1 aliphatic heterocycles. The minimum Gasteiger partial charge on any atom is -0.496 e. The number of ether oxygens (including phenoxy) is 1. The molecule has 1 aliphatic rings. The molecule has 1 saturated heterocycles. The number of carboxylic acid groups (broad SMARTS) is 1. The minimum atomic E-state index is -0.949. The lowest BCUT2D eigenvalue weighted by atomic mass is 9.89. The first-order valence-electron chi connectivity index (χ1n) is 7.92. The molecule has 0 aromatic heterocycles. The molecule has 2 atom stereocenters. The molecule has 0 radical (unpaired) electrons. The van der Waals surface area contributed by atoms with Crippen molar-refractivity contribution < 1.29 is 23.8 Å². The number of hydrogen-bond acceptors (Lipinski definition) is 3. The van der Waals surface area contributed by atoms with Gasteiger partial charge in [0.25, 0.3) is 5.91 Å². The zero-order chi connectivity index (χ0) is 18.0. The van der Waals surface area contributed by atoms with Gasteiger partial charge in [-0.25, -0.2) is 4.39 Å². The molecular formula is C19H18FNO4. The van der Waals surface area contributed by atoms with Crippen LogP contribution in [0.2, 0.25) is 0 Å². The molecule has 1 amide bonds. The van der Waals surface area contributed by atoms with E-state index in [4.69, 9.17) is 4.74 Å². The fourth-order valence-corrected chi connectivity index (χ4v) is 3.28. The van der Waals surface area contributed by atoms with Gasteiger partial charge in [-0.05, 0) is 23.8 Å². The Bertz CT molecular complexity index is 793. The van der Waals surface area contributed by atoms with Gasteiger partial charge in [0.15, 0.2) is 0 Å². The number of carboxylic acids is 1. The molecule has 2 aromatic carbocycles. The van der Waals surface area contributed by atoms with Crippen molar-refractivity contribution in [3.05, 3.63) is 65.5 Å². The Balaban J connectivity index is 1.90. The van der Waals surface area contributed by atoms with Crippen molar-refractivity contribution in [3.63, 3.8) is 0 Å². The number of likely N-dealkylation sites (tertiary alicyclic amines) is 1. The molecule has 0 saturated carbocycles. The van der Waals surface area contributed by atoms with Gasteiger partial charge in [0.2, 0.25) is 0 Å². The van der Waals surface area contributed by atoms with Gasteiger partial charge in [-0.1, -0.05) is 30.3 Å². The van der Waals surface area contributed by atoms with E-state index < -0.39 is 23.6 Å². The van der Waals surface area contributed by atoms with Crippen LogP contribution in [0.4, 0.5) is 4.39 Å². The number of carbonyl (C=O) groups is 2. The molecule has 6 heteroatoms. The molecule has 0 spiro atoms. The molecule has 3 rings (SSSR count). The van der Waals surface area contributed by atoms with E-state index in [0.29, 0.717) is 0 Å². The Labute approximate surface area is 144 Å². The van der Waals surface area contributed by atoms with Crippen LogP contribution < -0.4 is 4.74 Å². The quantitative estimate of drug-likeness (QED) is 0.927. The van der Waals surface area contributed by atoms with Crippen molar-refractivity contribution in [2.24, 2.45) is 5.92 Å². The standard InChI is InChI=1S/C19H18FNO4/c1-25-17-8-7-13(20)9-14(17)18(22)21-10-15(16(11-21)19(23)24)12-5-3-2-4-6-12/h2-9,15-16H,10-11H2,1H3,(H,23,24)/t15-,16-/m0/s1. The SMILES string of the molecule is COc1ccc(F)cc1C(=O)N1C[C@H](C(=O)O)[C@H](c2ccccc2)C1. The summed E-state index contributed by atoms with van der Waals surface area (Å²) in [5.41, 5.74) is 0.969. The summed E-state index contributed by atoms with van der Waals surface area (Å²) in [7, 11) is 1.40. The number of halogens is 1. The summed E-state index contributed by atoms with van der Waals surface area (Å²) in [6.45, 7) is 0.340. The van der Waals surface area contributed by atoms with Crippen molar-refractivity contribution in [3.8, 4) is 5.75 Å². The maximum absolute atomic E-state index is 13.6. The van der Waals surface area contributed by atoms with Crippen LogP contribution in [0, 0.1) is 11.7 Å². The number of rotatable bonds is 4. The predicted octanol–water partition coefficient (Wildman–Crippen LogP) is 2.77. The summed E-state index contributed by atoms with van der Waals surface area (Å²) in [4.78, 5) is 25.9. The fourth-order valence-electron chi connectivity index (χ4n) is 3.28. The molecular weight excluding hydrogens is 325 g/mol.